The van der Waals surface area contributed by atoms with Gasteiger partial charge in [0, 0.05) is 26.2 Å². The zero-order valence-electron chi connectivity index (χ0n) is 9.00. The second kappa shape index (κ2) is 6.54. The summed E-state index contributed by atoms with van der Waals surface area (Å²) < 4.78 is 0. The van der Waals surface area contributed by atoms with Crippen molar-refractivity contribution in [1.82, 2.24) is 10.2 Å². The Morgan fingerprint density at radius 1 is 1.43 bits per heavy atom. The van der Waals surface area contributed by atoms with E-state index < -0.39 is 0 Å². The van der Waals surface area contributed by atoms with Crippen LogP contribution in [0.3, 0.4) is 0 Å². The molecule has 1 aliphatic rings. The lowest BCUT2D eigenvalue weighted by Gasteiger charge is -2.20. The summed E-state index contributed by atoms with van der Waals surface area (Å²) >= 11 is 0. The minimum Gasteiger partial charge on any atom is -0.340 e. The Morgan fingerprint density at radius 3 is 3.00 bits per heavy atom. The van der Waals surface area contributed by atoms with Gasteiger partial charge in [0.1, 0.15) is 0 Å². The van der Waals surface area contributed by atoms with Crippen LogP contribution in [0.2, 0.25) is 0 Å². The lowest BCUT2D eigenvalue weighted by molar-refractivity contribution is 0.440. The molecule has 1 heterocycles. The maximum Gasteiger partial charge on any atom is 0.220 e. The molecule has 1 rings (SSSR count). The molecule has 0 aromatic rings. The van der Waals surface area contributed by atoms with Gasteiger partial charge >= 0.3 is 0 Å². The van der Waals surface area contributed by atoms with Gasteiger partial charge in [-0.25, -0.2) is 4.99 Å². The van der Waals surface area contributed by atoms with E-state index in [9.17, 15) is 0 Å². The van der Waals surface area contributed by atoms with Gasteiger partial charge in [-0.3, -0.25) is 4.99 Å². The van der Waals surface area contributed by atoms with Gasteiger partial charge in [-0.05, 0) is 26.1 Å². The third-order valence-corrected chi connectivity index (χ3v) is 2.24. The molecule has 0 saturated carbocycles. The van der Waals surface area contributed by atoms with Crippen molar-refractivity contribution in [3.8, 4) is 0 Å². The van der Waals surface area contributed by atoms with Crippen LogP contribution >= 0.6 is 0 Å². The topological polar surface area (TPSA) is 40.0 Å². The van der Waals surface area contributed by atoms with Crippen LogP contribution in [0.1, 0.15) is 19.8 Å². The lowest BCUT2D eigenvalue weighted by Crippen LogP contribution is -2.33. The van der Waals surface area contributed by atoms with Gasteiger partial charge in [0.25, 0.3) is 0 Å². The van der Waals surface area contributed by atoms with Crippen LogP contribution in [0.4, 0.5) is 0 Å². The van der Waals surface area contributed by atoms with E-state index >= 15 is 0 Å². The average Bonchev–Trinajstić information content (AvgIpc) is 2.48. The third kappa shape index (κ3) is 3.46. The molecule has 0 bridgehead atoms. The molecule has 0 amide bonds. The van der Waals surface area contributed by atoms with Crippen molar-refractivity contribution in [2.75, 3.05) is 32.7 Å². The van der Waals surface area contributed by atoms with E-state index in [4.69, 9.17) is 0 Å². The number of hydrogen-bond acceptors (Lipinski definition) is 2. The third-order valence-electron chi connectivity index (χ3n) is 2.24. The predicted octanol–water partition coefficient (Wildman–Crippen LogP) is 0.748. The second-order valence-corrected chi connectivity index (χ2v) is 3.43. The normalized spacial score (nSPS) is 19.2. The van der Waals surface area contributed by atoms with Gasteiger partial charge in [0.05, 0.1) is 0 Å². The van der Waals surface area contributed by atoms with E-state index in [0.717, 1.165) is 51.5 Å². The largest absolute Gasteiger partial charge is 0.340 e. The molecule has 1 N–H and O–H groups in total. The van der Waals surface area contributed by atoms with Crippen molar-refractivity contribution in [3.05, 3.63) is 0 Å². The minimum atomic E-state index is 0.815. The molecule has 0 aliphatic carbocycles. The first-order valence-electron chi connectivity index (χ1n) is 5.35. The van der Waals surface area contributed by atoms with Crippen molar-refractivity contribution < 1.29 is 0 Å². The standard InChI is InChI=1S/C10H20N4/c1-3-5-13-10(11-2)14-8-4-6-12-7-9-14/h12H,2-9H2,1H3/b13-10+. The zero-order valence-corrected chi connectivity index (χ0v) is 9.00. The second-order valence-electron chi connectivity index (χ2n) is 3.43. The fourth-order valence-corrected chi connectivity index (χ4v) is 1.51. The van der Waals surface area contributed by atoms with Crippen LogP contribution in [0.15, 0.2) is 9.98 Å². The van der Waals surface area contributed by atoms with E-state index in [1.165, 1.54) is 0 Å². The van der Waals surface area contributed by atoms with Gasteiger partial charge in [-0.2, -0.15) is 0 Å². The number of guanidine groups is 1. The molecule has 0 unspecified atom stereocenters. The first kappa shape index (κ1) is 11.2. The van der Waals surface area contributed by atoms with Crippen molar-refractivity contribution in [2.45, 2.75) is 19.8 Å². The smallest absolute Gasteiger partial charge is 0.220 e. The summed E-state index contributed by atoms with van der Waals surface area (Å²) in [4.78, 5) is 10.6. The molecule has 1 saturated heterocycles. The summed E-state index contributed by atoms with van der Waals surface area (Å²) in [6.45, 7) is 10.7. The van der Waals surface area contributed by atoms with E-state index in [-0.39, 0.29) is 0 Å². The Labute approximate surface area is 86.1 Å². The van der Waals surface area contributed by atoms with E-state index in [1.807, 2.05) is 0 Å². The molecule has 0 atom stereocenters. The summed E-state index contributed by atoms with van der Waals surface area (Å²) in [5.74, 6) is 0.815. The molecule has 80 valence electrons. The zero-order chi connectivity index (χ0) is 10.2. The Hall–Kier alpha value is -0.900. The molecule has 1 fully saturated rings. The lowest BCUT2D eigenvalue weighted by atomic mass is 10.4. The molecular weight excluding hydrogens is 176 g/mol. The van der Waals surface area contributed by atoms with Crippen LogP contribution in [-0.2, 0) is 0 Å². The maximum absolute atomic E-state index is 4.41. The quantitative estimate of drug-likeness (QED) is 0.523. The van der Waals surface area contributed by atoms with Gasteiger partial charge in [-0.1, -0.05) is 6.92 Å². The van der Waals surface area contributed by atoms with Crippen molar-refractivity contribution in [3.63, 3.8) is 0 Å². The predicted molar refractivity (Wildman–Crippen MR) is 61.2 cm³/mol. The highest BCUT2D eigenvalue weighted by molar-refractivity contribution is 5.84. The van der Waals surface area contributed by atoms with E-state index in [2.05, 4.69) is 33.8 Å². The molecule has 0 aromatic carbocycles. The van der Waals surface area contributed by atoms with E-state index in [1.54, 1.807) is 0 Å². The summed E-state index contributed by atoms with van der Waals surface area (Å²) in [5, 5.41) is 3.35. The Morgan fingerprint density at radius 2 is 2.29 bits per heavy atom. The van der Waals surface area contributed by atoms with Crippen LogP contribution in [0.25, 0.3) is 0 Å². The maximum atomic E-state index is 4.41. The highest BCUT2D eigenvalue weighted by Crippen LogP contribution is 1.99. The number of nitrogens with one attached hydrogen (secondary N) is 1. The Balaban J connectivity index is 2.52. The van der Waals surface area contributed by atoms with Gasteiger partial charge in [0.2, 0.25) is 5.96 Å². The molecule has 1 aliphatic heterocycles. The summed E-state index contributed by atoms with van der Waals surface area (Å²) in [7, 11) is 0. The van der Waals surface area contributed by atoms with Crippen molar-refractivity contribution >= 4 is 12.7 Å². The van der Waals surface area contributed by atoms with Crippen molar-refractivity contribution in [1.29, 1.82) is 0 Å². The fraction of sp³-hybridized carbons (Fsp3) is 0.800. The van der Waals surface area contributed by atoms with Crippen LogP contribution in [-0.4, -0.2) is 50.3 Å². The molecular formula is C10H20N4. The first-order chi connectivity index (χ1) is 6.88. The number of rotatable bonds is 2. The Kier molecular flexibility index (Phi) is 5.22. The molecule has 14 heavy (non-hydrogen) atoms. The summed E-state index contributed by atoms with van der Waals surface area (Å²) in [6, 6.07) is 0. The van der Waals surface area contributed by atoms with Crippen LogP contribution in [0.5, 0.6) is 0 Å². The highest BCUT2D eigenvalue weighted by atomic mass is 15.3. The van der Waals surface area contributed by atoms with E-state index in [0.29, 0.717) is 0 Å². The Bertz CT molecular complexity index is 192. The molecule has 0 spiro atoms. The van der Waals surface area contributed by atoms with Gasteiger partial charge < -0.3 is 10.2 Å². The van der Waals surface area contributed by atoms with Gasteiger partial charge in [-0.15, -0.1) is 0 Å². The van der Waals surface area contributed by atoms with Crippen LogP contribution in [0, 0.1) is 0 Å². The van der Waals surface area contributed by atoms with Gasteiger partial charge in [0.15, 0.2) is 0 Å². The number of nitrogens with zero attached hydrogens (tertiary/aromatic N) is 3. The van der Waals surface area contributed by atoms with Crippen molar-refractivity contribution in [2.24, 2.45) is 9.98 Å². The first-order valence-corrected chi connectivity index (χ1v) is 5.35. The SMILES string of the molecule is C=N/C(=N\CCC)N1CCCNCC1. The summed E-state index contributed by atoms with van der Waals surface area (Å²) in [6.07, 6.45) is 2.21. The number of hydrogen-bond donors (Lipinski definition) is 1. The molecule has 0 aromatic heterocycles. The fourth-order valence-electron chi connectivity index (χ4n) is 1.51. The highest BCUT2D eigenvalue weighted by Gasteiger charge is 2.11. The molecule has 0 radical (unpaired) electrons. The summed E-state index contributed by atoms with van der Waals surface area (Å²) in [5.41, 5.74) is 0. The molecule has 4 heteroatoms. The number of aliphatic imine (C=N–C) groups is 2. The van der Waals surface area contributed by atoms with Crippen LogP contribution < -0.4 is 5.32 Å². The minimum absolute atomic E-state index is 0.815. The average molecular weight is 196 g/mol. The molecule has 4 nitrogen and oxygen atoms in total. The monoisotopic (exact) mass is 196 g/mol.